The van der Waals surface area contributed by atoms with Gasteiger partial charge in [0.05, 0.1) is 0 Å². The van der Waals surface area contributed by atoms with Gasteiger partial charge in [-0.15, -0.1) is 0 Å². The van der Waals surface area contributed by atoms with Crippen molar-refractivity contribution in [3.63, 3.8) is 0 Å². The van der Waals surface area contributed by atoms with Crippen LogP contribution in [-0.2, 0) is 0 Å². The van der Waals surface area contributed by atoms with Crippen LogP contribution in [0.3, 0.4) is 0 Å². The fourth-order valence-electron chi connectivity index (χ4n) is 1.58. The average Bonchev–Trinajstić information content (AvgIpc) is 2.05. The lowest BCUT2D eigenvalue weighted by Crippen LogP contribution is -2.01. The molecular weight excluding hydrogens is 144 g/mol. The molecule has 1 unspecified atom stereocenters. The van der Waals surface area contributed by atoms with Crippen molar-refractivity contribution in [1.82, 2.24) is 0 Å². The summed E-state index contributed by atoms with van der Waals surface area (Å²) in [5.74, 6) is 0.584. The highest BCUT2D eigenvalue weighted by molar-refractivity contribution is 5.56. The molecule has 0 aromatic heterocycles. The van der Waals surface area contributed by atoms with Crippen molar-refractivity contribution in [3.8, 4) is 0 Å². The van der Waals surface area contributed by atoms with E-state index >= 15 is 0 Å². The zero-order chi connectivity index (χ0) is 8.55. The van der Waals surface area contributed by atoms with Crippen molar-refractivity contribution >= 4 is 0 Å². The Morgan fingerprint density at radius 2 is 2.08 bits per heavy atom. The molecule has 0 fully saturated rings. The Labute approximate surface area is 74.0 Å². The summed E-state index contributed by atoms with van der Waals surface area (Å²) in [6.45, 7) is 4.34. The van der Waals surface area contributed by atoms with E-state index in [4.69, 9.17) is 0 Å². The Hall–Kier alpha value is -1.04. The molecule has 0 bridgehead atoms. The van der Waals surface area contributed by atoms with Crippen LogP contribution in [0.4, 0.5) is 0 Å². The van der Waals surface area contributed by atoms with Crippen LogP contribution in [0.2, 0.25) is 0 Å². The molecule has 2 aliphatic rings. The molecule has 1 radical (unpaired) electrons. The summed E-state index contributed by atoms with van der Waals surface area (Å²) in [5.41, 5.74) is 4.06. The summed E-state index contributed by atoms with van der Waals surface area (Å²) in [7, 11) is 0. The summed E-state index contributed by atoms with van der Waals surface area (Å²) in [4.78, 5) is 0. The molecule has 0 heteroatoms. The molecule has 0 saturated heterocycles. The highest BCUT2D eigenvalue weighted by Gasteiger charge is 2.11. The van der Waals surface area contributed by atoms with Crippen molar-refractivity contribution < 1.29 is 0 Å². The summed E-state index contributed by atoms with van der Waals surface area (Å²) < 4.78 is 0. The van der Waals surface area contributed by atoms with Crippen LogP contribution in [0.5, 0.6) is 0 Å². The topological polar surface area (TPSA) is 0 Å². The third kappa shape index (κ3) is 1.29. The molecule has 2 rings (SSSR count). The second-order valence-electron chi connectivity index (χ2n) is 3.52. The molecule has 0 heterocycles. The van der Waals surface area contributed by atoms with Gasteiger partial charge in [-0.25, -0.2) is 0 Å². The molecule has 0 aliphatic heterocycles. The van der Waals surface area contributed by atoms with Gasteiger partial charge < -0.3 is 0 Å². The molecule has 0 aromatic rings. The van der Waals surface area contributed by atoms with Crippen LogP contribution < -0.4 is 0 Å². The molecule has 2 aliphatic carbocycles. The lowest BCUT2D eigenvalue weighted by molar-refractivity contribution is 0.915. The Kier molecular flexibility index (Phi) is 1.76. The third-order valence-electron chi connectivity index (χ3n) is 2.26. The lowest BCUT2D eigenvalue weighted by Gasteiger charge is -2.18. The quantitative estimate of drug-likeness (QED) is 0.506. The number of allylic oxidation sites excluding steroid dienone is 8. The van der Waals surface area contributed by atoms with E-state index in [-0.39, 0.29) is 0 Å². The van der Waals surface area contributed by atoms with Crippen molar-refractivity contribution in [1.29, 1.82) is 0 Å². The standard InChI is InChI=1S/C12H13/c1-9-3-5-12-8-10(2)4-6-11(12)7-9/h3-9H,1-2H3. The predicted molar refractivity (Wildman–Crippen MR) is 52.5 cm³/mol. The van der Waals surface area contributed by atoms with Gasteiger partial charge in [0.15, 0.2) is 0 Å². The highest BCUT2D eigenvalue weighted by atomic mass is 14.2. The monoisotopic (exact) mass is 157 g/mol. The Balaban J connectivity index is 2.36. The largest absolute Gasteiger partial charge is 0.0773 e. The van der Waals surface area contributed by atoms with Gasteiger partial charge in [0.2, 0.25) is 0 Å². The molecule has 0 spiro atoms. The Bertz CT molecular complexity index is 311. The van der Waals surface area contributed by atoms with E-state index in [0.29, 0.717) is 5.92 Å². The molecule has 0 saturated carbocycles. The molecule has 1 atom stereocenters. The molecule has 0 nitrogen and oxygen atoms in total. The van der Waals surface area contributed by atoms with Crippen LogP contribution in [0.25, 0.3) is 0 Å². The van der Waals surface area contributed by atoms with Gasteiger partial charge in [0.25, 0.3) is 0 Å². The maximum Gasteiger partial charge on any atom is 0.0130 e. The summed E-state index contributed by atoms with van der Waals surface area (Å²) >= 11 is 0. The van der Waals surface area contributed by atoms with Crippen molar-refractivity contribution in [2.24, 2.45) is 5.92 Å². The van der Waals surface area contributed by atoms with Gasteiger partial charge in [-0.3, -0.25) is 0 Å². The fraction of sp³-hybridized carbons (Fsp3) is 0.250. The summed E-state index contributed by atoms with van der Waals surface area (Å²) in [6, 6.07) is 0. The first-order valence-corrected chi connectivity index (χ1v) is 4.39. The molecule has 0 aromatic carbocycles. The number of hydrogen-bond donors (Lipinski definition) is 0. The summed E-state index contributed by atoms with van der Waals surface area (Å²) in [5, 5.41) is 0. The van der Waals surface area contributed by atoms with E-state index < -0.39 is 0 Å². The van der Waals surface area contributed by atoms with Crippen LogP contribution in [-0.4, -0.2) is 0 Å². The summed E-state index contributed by atoms with van der Waals surface area (Å²) in [6.07, 6.45) is 13.4. The first kappa shape index (κ1) is 7.60. The van der Waals surface area contributed by atoms with Gasteiger partial charge in [-0.1, -0.05) is 42.9 Å². The van der Waals surface area contributed by atoms with Crippen molar-refractivity contribution in [3.05, 3.63) is 53.5 Å². The van der Waals surface area contributed by atoms with Crippen molar-refractivity contribution in [2.75, 3.05) is 0 Å². The molecular formula is C12H13. The van der Waals surface area contributed by atoms with Crippen LogP contribution in [0.15, 0.2) is 47.1 Å². The number of fused-ring (bicyclic) bond motifs is 1. The van der Waals surface area contributed by atoms with Gasteiger partial charge in [-0.2, -0.15) is 0 Å². The minimum absolute atomic E-state index is 0.584. The number of hydrogen-bond acceptors (Lipinski definition) is 0. The van der Waals surface area contributed by atoms with Gasteiger partial charge in [0.1, 0.15) is 0 Å². The number of rotatable bonds is 0. The van der Waals surface area contributed by atoms with Crippen molar-refractivity contribution in [2.45, 2.75) is 13.8 Å². The maximum absolute atomic E-state index is 2.30. The van der Waals surface area contributed by atoms with E-state index in [2.05, 4.69) is 50.6 Å². The minimum Gasteiger partial charge on any atom is -0.0773 e. The molecule has 0 amide bonds. The smallest absolute Gasteiger partial charge is 0.0130 e. The Morgan fingerprint density at radius 3 is 2.92 bits per heavy atom. The van der Waals surface area contributed by atoms with E-state index in [1.807, 2.05) is 0 Å². The fourth-order valence-corrected chi connectivity index (χ4v) is 1.58. The zero-order valence-electron chi connectivity index (χ0n) is 7.54. The van der Waals surface area contributed by atoms with Gasteiger partial charge >= 0.3 is 0 Å². The second kappa shape index (κ2) is 2.78. The minimum atomic E-state index is 0.584. The lowest BCUT2D eigenvalue weighted by atomic mass is 9.87. The SMILES string of the molecule is CC1=C[CH]C2=CC(C)C=CC2=C1. The van der Waals surface area contributed by atoms with E-state index in [1.165, 1.54) is 16.7 Å². The molecule has 61 valence electrons. The zero-order valence-corrected chi connectivity index (χ0v) is 7.54. The maximum atomic E-state index is 2.30. The third-order valence-corrected chi connectivity index (χ3v) is 2.26. The van der Waals surface area contributed by atoms with Gasteiger partial charge in [-0.05, 0) is 24.0 Å². The van der Waals surface area contributed by atoms with Gasteiger partial charge in [0, 0.05) is 6.42 Å². The predicted octanol–water partition coefficient (Wildman–Crippen LogP) is 3.21. The normalized spacial score (nSPS) is 27.2. The first-order valence-electron chi connectivity index (χ1n) is 4.39. The molecule has 0 N–H and O–H groups in total. The molecule has 12 heavy (non-hydrogen) atoms. The first-order chi connectivity index (χ1) is 5.75. The van der Waals surface area contributed by atoms with E-state index in [9.17, 15) is 0 Å². The van der Waals surface area contributed by atoms with E-state index in [0.717, 1.165) is 0 Å². The Morgan fingerprint density at radius 1 is 1.25 bits per heavy atom. The average molecular weight is 157 g/mol. The second-order valence-corrected chi connectivity index (χ2v) is 3.52. The van der Waals surface area contributed by atoms with Crippen LogP contribution >= 0.6 is 0 Å². The highest BCUT2D eigenvalue weighted by Crippen LogP contribution is 2.28. The van der Waals surface area contributed by atoms with Crippen LogP contribution in [0, 0.1) is 12.3 Å². The van der Waals surface area contributed by atoms with E-state index in [1.54, 1.807) is 0 Å². The van der Waals surface area contributed by atoms with Crippen LogP contribution in [0.1, 0.15) is 13.8 Å².